The van der Waals surface area contributed by atoms with Crippen molar-refractivity contribution in [1.82, 2.24) is 9.80 Å². The molecule has 1 unspecified atom stereocenters. The first-order chi connectivity index (χ1) is 14.2. The van der Waals surface area contributed by atoms with E-state index in [9.17, 15) is 14.4 Å². The van der Waals surface area contributed by atoms with Crippen LogP contribution in [-0.4, -0.2) is 69.0 Å². The van der Waals surface area contributed by atoms with Gasteiger partial charge in [0.1, 0.15) is 18.2 Å². The third-order valence-corrected chi connectivity index (χ3v) is 5.17. The van der Waals surface area contributed by atoms with Crippen LogP contribution in [0.4, 0.5) is 9.59 Å². The summed E-state index contributed by atoms with van der Waals surface area (Å²) in [5.41, 5.74) is 8.98. The molecule has 160 valence electrons. The molecular formula is C21H26N4O5. The van der Waals surface area contributed by atoms with Gasteiger partial charge in [0.05, 0.1) is 12.1 Å². The summed E-state index contributed by atoms with van der Waals surface area (Å²) in [6, 6.07) is 7.35. The molecular weight excluding hydrogens is 388 g/mol. The molecule has 0 spiro atoms. The molecule has 9 heteroatoms. The van der Waals surface area contributed by atoms with Crippen molar-refractivity contribution < 1.29 is 28.6 Å². The molecule has 1 aromatic carbocycles. The molecule has 0 saturated carbocycles. The Hall–Kier alpha value is -3.19. The minimum atomic E-state index is -1.00. The van der Waals surface area contributed by atoms with Crippen molar-refractivity contribution in [3.05, 3.63) is 41.4 Å². The quantitative estimate of drug-likeness (QED) is 0.427. The molecule has 2 aliphatic heterocycles. The van der Waals surface area contributed by atoms with Gasteiger partial charge in [0.2, 0.25) is 0 Å². The minimum Gasteiger partial charge on any atom is -0.445 e. The van der Waals surface area contributed by atoms with Gasteiger partial charge in [-0.3, -0.25) is 14.6 Å². The molecule has 1 aromatic rings. The molecule has 2 amide bonds. The number of ether oxygens (including phenoxy) is 2. The molecule has 3 atom stereocenters. The molecule has 3 rings (SSSR count). The zero-order valence-corrected chi connectivity index (χ0v) is 17.4. The number of hydrogen-bond donors (Lipinski definition) is 0. The van der Waals surface area contributed by atoms with Crippen molar-refractivity contribution in [2.75, 3.05) is 6.54 Å². The molecule has 30 heavy (non-hydrogen) atoms. The van der Waals surface area contributed by atoms with E-state index in [1.54, 1.807) is 25.7 Å². The Kier molecular flexibility index (Phi) is 6.22. The lowest BCUT2D eigenvalue weighted by Gasteiger charge is -2.44. The zero-order valence-electron chi connectivity index (χ0n) is 17.4. The summed E-state index contributed by atoms with van der Waals surface area (Å²) in [5, 5.41) is 0. The standard InChI is InChI=1S/C21H26N4O5/c1-21(2,3)30-20(28)25-15-9-10-16(25)18(17(26)11-23-22)24(12-15)19(27)29-13-14-7-5-4-6-8-14/h4-8,11,15-16,18H,9-10,12-13H2,1-3H3/t15-,16+,18?/m0/s1. The van der Waals surface area contributed by atoms with Crippen molar-refractivity contribution in [2.24, 2.45) is 0 Å². The van der Waals surface area contributed by atoms with Crippen LogP contribution >= 0.6 is 0 Å². The topological polar surface area (TPSA) is 113 Å². The van der Waals surface area contributed by atoms with Crippen LogP contribution in [-0.2, 0) is 20.9 Å². The van der Waals surface area contributed by atoms with Crippen LogP contribution in [0.2, 0.25) is 0 Å². The Morgan fingerprint density at radius 2 is 1.87 bits per heavy atom. The Morgan fingerprint density at radius 1 is 1.17 bits per heavy atom. The highest BCUT2D eigenvalue weighted by Crippen LogP contribution is 2.36. The van der Waals surface area contributed by atoms with Gasteiger partial charge in [-0.1, -0.05) is 30.3 Å². The normalized spacial score (nSPS) is 22.8. The first kappa shape index (κ1) is 21.5. The number of rotatable bonds is 4. The molecule has 0 aromatic heterocycles. The lowest BCUT2D eigenvalue weighted by atomic mass is 9.99. The van der Waals surface area contributed by atoms with Crippen LogP contribution < -0.4 is 0 Å². The van der Waals surface area contributed by atoms with E-state index in [-0.39, 0.29) is 19.2 Å². The van der Waals surface area contributed by atoms with Gasteiger partial charge in [0, 0.05) is 6.54 Å². The van der Waals surface area contributed by atoms with Gasteiger partial charge < -0.3 is 15.0 Å². The van der Waals surface area contributed by atoms with Crippen molar-refractivity contribution in [2.45, 2.75) is 63.9 Å². The monoisotopic (exact) mass is 414 g/mol. The molecule has 9 nitrogen and oxygen atoms in total. The first-order valence-corrected chi connectivity index (χ1v) is 9.91. The third kappa shape index (κ3) is 4.68. The number of nitrogens with zero attached hydrogens (tertiary/aromatic N) is 4. The van der Waals surface area contributed by atoms with Gasteiger partial charge in [0.15, 0.2) is 0 Å². The summed E-state index contributed by atoms with van der Waals surface area (Å²) >= 11 is 0. The van der Waals surface area contributed by atoms with E-state index in [0.29, 0.717) is 12.8 Å². The van der Waals surface area contributed by atoms with E-state index in [1.165, 1.54) is 4.90 Å². The SMILES string of the molecule is CC(C)(C)OC(=O)N1[C@H]2CC[C@@H]1C(C(=O)C=[N+]=[N-])N(C(=O)OCc1ccccc1)C2. The van der Waals surface area contributed by atoms with Gasteiger partial charge in [-0.05, 0) is 39.2 Å². The van der Waals surface area contributed by atoms with E-state index in [1.807, 2.05) is 30.3 Å². The van der Waals surface area contributed by atoms with Crippen LogP contribution in [0.15, 0.2) is 30.3 Å². The summed E-state index contributed by atoms with van der Waals surface area (Å²) in [6.07, 6.45) is 0.748. The van der Waals surface area contributed by atoms with Crippen molar-refractivity contribution in [3.63, 3.8) is 0 Å². The van der Waals surface area contributed by atoms with E-state index >= 15 is 0 Å². The number of piperazine rings is 1. The first-order valence-electron chi connectivity index (χ1n) is 9.91. The summed E-state index contributed by atoms with van der Waals surface area (Å²) in [6.45, 7) is 5.51. The van der Waals surface area contributed by atoms with Crippen LogP contribution in [0.5, 0.6) is 0 Å². The fraction of sp³-hybridized carbons (Fsp3) is 0.524. The lowest BCUT2D eigenvalue weighted by Crippen LogP contribution is -2.65. The van der Waals surface area contributed by atoms with Gasteiger partial charge in [-0.15, -0.1) is 0 Å². The predicted octanol–water partition coefficient (Wildman–Crippen LogP) is 2.65. The molecule has 2 heterocycles. The van der Waals surface area contributed by atoms with E-state index in [4.69, 9.17) is 15.0 Å². The number of carbonyl (C=O) groups excluding carboxylic acids is 3. The number of benzene rings is 1. The maximum Gasteiger partial charge on any atom is 0.410 e. The second-order valence-electron chi connectivity index (χ2n) is 8.47. The Bertz CT molecular complexity index is 860. The molecule has 2 fully saturated rings. The highest BCUT2D eigenvalue weighted by Gasteiger charge is 2.54. The maximum atomic E-state index is 12.8. The largest absolute Gasteiger partial charge is 0.445 e. The summed E-state index contributed by atoms with van der Waals surface area (Å²) in [4.78, 5) is 44.0. The molecule has 2 aliphatic rings. The predicted molar refractivity (Wildman–Crippen MR) is 107 cm³/mol. The lowest BCUT2D eigenvalue weighted by molar-refractivity contribution is -0.124. The van der Waals surface area contributed by atoms with E-state index in [2.05, 4.69) is 4.79 Å². The van der Waals surface area contributed by atoms with E-state index in [0.717, 1.165) is 11.8 Å². The maximum absolute atomic E-state index is 12.8. The van der Waals surface area contributed by atoms with Gasteiger partial charge >= 0.3 is 18.4 Å². The van der Waals surface area contributed by atoms with Crippen molar-refractivity contribution >= 4 is 24.2 Å². The molecule has 0 radical (unpaired) electrons. The molecule has 0 N–H and O–H groups in total. The number of hydrogen-bond acceptors (Lipinski definition) is 5. The second-order valence-corrected chi connectivity index (χ2v) is 8.47. The van der Waals surface area contributed by atoms with Gasteiger partial charge in [-0.2, -0.15) is 4.79 Å². The second kappa shape index (κ2) is 8.67. The van der Waals surface area contributed by atoms with Crippen molar-refractivity contribution in [3.8, 4) is 0 Å². The number of ketones is 1. The highest BCUT2D eigenvalue weighted by atomic mass is 16.6. The van der Waals surface area contributed by atoms with Crippen LogP contribution in [0.1, 0.15) is 39.2 Å². The number of fused-ring (bicyclic) bond motifs is 2. The van der Waals surface area contributed by atoms with Crippen molar-refractivity contribution in [1.29, 1.82) is 0 Å². The fourth-order valence-electron chi connectivity index (χ4n) is 4.02. The van der Waals surface area contributed by atoms with Gasteiger partial charge in [-0.25, -0.2) is 9.59 Å². The van der Waals surface area contributed by atoms with E-state index < -0.39 is 35.7 Å². The number of Topliss-reactive ketones (excluding diaryl/α,β-unsaturated/α-hetero) is 1. The number of amides is 2. The number of carbonyl (C=O) groups is 3. The Labute approximate surface area is 175 Å². The smallest absolute Gasteiger partial charge is 0.410 e. The number of likely N-dealkylation sites (tertiary alicyclic amines) is 1. The zero-order chi connectivity index (χ0) is 21.9. The molecule has 2 saturated heterocycles. The summed E-state index contributed by atoms with van der Waals surface area (Å²) in [7, 11) is 0. The average molecular weight is 414 g/mol. The fourth-order valence-corrected chi connectivity index (χ4v) is 4.02. The average Bonchev–Trinajstić information content (AvgIpc) is 2.99. The molecule has 2 bridgehead atoms. The van der Waals surface area contributed by atoms with Crippen LogP contribution in [0, 0.1) is 0 Å². The third-order valence-electron chi connectivity index (χ3n) is 5.17. The highest BCUT2D eigenvalue weighted by molar-refractivity contribution is 6.28. The minimum absolute atomic E-state index is 0.0658. The molecule has 0 aliphatic carbocycles. The summed E-state index contributed by atoms with van der Waals surface area (Å²) < 4.78 is 10.9. The van der Waals surface area contributed by atoms with Crippen LogP contribution in [0.25, 0.3) is 5.53 Å². The Balaban J connectivity index is 1.81. The summed E-state index contributed by atoms with van der Waals surface area (Å²) in [5.74, 6) is -0.576. The Morgan fingerprint density at radius 3 is 2.50 bits per heavy atom. The van der Waals surface area contributed by atoms with Gasteiger partial charge in [0.25, 0.3) is 5.78 Å². The van der Waals surface area contributed by atoms with Crippen LogP contribution in [0.3, 0.4) is 0 Å².